The minimum Gasteiger partial charge on any atom is -0.497 e. The lowest BCUT2D eigenvalue weighted by molar-refractivity contribution is -0.133. The van der Waals surface area contributed by atoms with E-state index in [0.29, 0.717) is 26.1 Å². The van der Waals surface area contributed by atoms with Gasteiger partial charge in [0, 0.05) is 26.6 Å². The van der Waals surface area contributed by atoms with Gasteiger partial charge in [0.2, 0.25) is 0 Å². The molecule has 0 bridgehead atoms. The molecule has 1 aliphatic rings. The minimum atomic E-state index is -0.313. The van der Waals surface area contributed by atoms with Crippen LogP contribution >= 0.6 is 0 Å². The molecule has 0 saturated carbocycles. The Morgan fingerprint density at radius 1 is 1.03 bits per heavy atom. The summed E-state index contributed by atoms with van der Waals surface area (Å²) in [5.41, 5.74) is 2.63. The molecule has 0 aliphatic carbocycles. The van der Waals surface area contributed by atoms with Gasteiger partial charge in [-0.3, -0.25) is 4.79 Å². The molecule has 9 nitrogen and oxygen atoms in total. The summed E-state index contributed by atoms with van der Waals surface area (Å²) >= 11 is 0. The number of rotatable bonds is 10. The van der Waals surface area contributed by atoms with E-state index < -0.39 is 0 Å². The van der Waals surface area contributed by atoms with Crippen LogP contribution in [0, 0.1) is 0 Å². The van der Waals surface area contributed by atoms with E-state index in [4.69, 9.17) is 19.3 Å². The van der Waals surface area contributed by atoms with Crippen LogP contribution in [-0.2, 0) is 9.53 Å². The Hall–Kier alpha value is -3.59. The fourth-order valence-electron chi connectivity index (χ4n) is 3.74. The predicted molar refractivity (Wildman–Crippen MR) is 129 cm³/mol. The standard InChI is InChI=1S/C25H32N4O5/c1-5-26-25(31)28(14-15-32-2)17-24(30)29-23(19-8-12-21(34-4)13-9-19)16-22(27-29)18-6-10-20(33-3)11-7-18/h6-13,23H,5,14-17H2,1-4H3,(H,26,31)/t23-/m0/s1. The molecular weight excluding hydrogens is 436 g/mol. The average molecular weight is 469 g/mol. The highest BCUT2D eigenvalue weighted by molar-refractivity contribution is 6.03. The van der Waals surface area contributed by atoms with Crippen molar-refractivity contribution in [1.29, 1.82) is 0 Å². The molecule has 34 heavy (non-hydrogen) atoms. The maximum absolute atomic E-state index is 13.4. The van der Waals surface area contributed by atoms with Crippen molar-refractivity contribution in [3.05, 3.63) is 59.7 Å². The number of benzene rings is 2. The van der Waals surface area contributed by atoms with Crippen LogP contribution in [0.25, 0.3) is 0 Å². The SMILES string of the molecule is CCNC(=O)N(CCOC)CC(=O)N1N=C(c2ccc(OC)cc2)C[C@H]1c1ccc(OC)cc1. The van der Waals surface area contributed by atoms with Crippen molar-refractivity contribution in [3.63, 3.8) is 0 Å². The molecule has 3 amide bonds. The van der Waals surface area contributed by atoms with Gasteiger partial charge in [-0.2, -0.15) is 5.10 Å². The largest absolute Gasteiger partial charge is 0.497 e. The van der Waals surface area contributed by atoms with Crippen LogP contribution in [0.2, 0.25) is 0 Å². The summed E-state index contributed by atoms with van der Waals surface area (Å²) in [5.74, 6) is 1.21. The van der Waals surface area contributed by atoms with Gasteiger partial charge in [-0.25, -0.2) is 9.80 Å². The molecule has 0 radical (unpaired) electrons. The van der Waals surface area contributed by atoms with E-state index in [9.17, 15) is 9.59 Å². The first kappa shape index (κ1) is 25.0. The highest BCUT2D eigenvalue weighted by Gasteiger charge is 2.34. The normalized spacial score (nSPS) is 15.0. The van der Waals surface area contributed by atoms with E-state index in [-0.39, 0.29) is 24.5 Å². The summed E-state index contributed by atoms with van der Waals surface area (Å²) < 4.78 is 15.6. The van der Waals surface area contributed by atoms with Crippen molar-refractivity contribution in [1.82, 2.24) is 15.2 Å². The summed E-state index contributed by atoms with van der Waals surface area (Å²) in [4.78, 5) is 27.4. The number of urea groups is 1. The van der Waals surface area contributed by atoms with E-state index >= 15 is 0 Å². The summed E-state index contributed by atoms with van der Waals surface area (Å²) in [5, 5.41) is 8.93. The highest BCUT2D eigenvalue weighted by atomic mass is 16.5. The first-order valence-electron chi connectivity index (χ1n) is 11.2. The van der Waals surface area contributed by atoms with Crippen LogP contribution in [0.3, 0.4) is 0 Å². The van der Waals surface area contributed by atoms with Gasteiger partial charge in [0.15, 0.2) is 0 Å². The number of carbonyl (C=O) groups is 2. The molecule has 1 aliphatic heterocycles. The number of hydrazone groups is 1. The number of ether oxygens (including phenoxy) is 3. The third-order valence-electron chi connectivity index (χ3n) is 5.60. The Balaban J connectivity index is 1.88. The van der Waals surface area contributed by atoms with Gasteiger partial charge in [-0.05, 0) is 54.4 Å². The Labute approximate surface area is 200 Å². The van der Waals surface area contributed by atoms with Gasteiger partial charge in [-0.1, -0.05) is 12.1 Å². The number of nitrogens with zero attached hydrogens (tertiary/aromatic N) is 3. The van der Waals surface area contributed by atoms with E-state index in [1.165, 1.54) is 9.91 Å². The Kier molecular flexibility index (Phi) is 8.86. The Bertz CT molecular complexity index is 991. The lowest BCUT2D eigenvalue weighted by Gasteiger charge is -2.27. The Morgan fingerprint density at radius 2 is 1.65 bits per heavy atom. The molecule has 3 rings (SSSR count). The lowest BCUT2D eigenvalue weighted by Crippen LogP contribution is -2.47. The van der Waals surface area contributed by atoms with Crippen LogP contribution in [0.1, 0.15) is 30.5 Å². The molecule has 182 valence electrons. The molecule has 1 heterocycles. The molecule has 1 atom stereocenters. The second-order valence-electron chi connectivity index (χ2n) is 7.76. The molecular formula is C25H32N4O5. The molecule has 1 N–H and O–H groups in total. The van der Waals surface area contributed by atoms with Gasteiger partial charge in [0.05, 0.1) is 32.6 Å². The molecule has 2 aromatic carbocycles. The third kappa shape index (κ3) is 6.05. The van der Waals surface area contributed by atoms with Crippen LogP contribution < -0.4 is 14.8 Å². The van der Waals surface area contributed by atoms with Gasteiger partial charge >= 0.3 is 6.03 Å². The van der Waals surface area contributed by atoms with Crippen molar-refractivity contribution >= 4 is 17.6 Å². The van der Waals surface area contributed by atoms with Crippen molar-refractivity contribution in [3.8, 4) is 11.5 Å². The number of carbonyl (C=O) groups excluding carboxylic acids is 2. The Morgan fingerprint density at radius 3 is 2.21 bits per heavy atom. The van der Waals surface area contributed by atoms with E-state index in [1.54, 1.807) is 21.3 Å². The maximum atomic E-state index is 13.4. The van der Waals surface area contributed by atoms with Crippen molar-refractivity contribution < 1.29 is 23.8 Å². The third-order valence-corrected chi connectivity index (χ3v) is 5.60. The topological polar surface area (TPSA) is 92.7 Å². The molecule has 0 aromatic heterocycles. The van der Waals surface area contributed by atoms with Gasteiger partial charge in [-0.15, -0.1) is 0 Å². The monoisotopic (exact) mass is 468 g/mol. The van der Waals surface area contributed by atoms with E-state index in [0.717, 1.165) is 28.3 Å². The summed E-state index contributed by atoms with van der Waals surface area (Å²) in [6.07, 6.45) is 0.545. The summed E-state index contributed by atoms with van der Waals surface area (Å²) in [6.45, 7) is 2.81. The van der Waals surface area contributed by atoms with Crippen molar-refractivity contribution in [2.75, 3.05) is 47.6 Å². The number of hydrogen-bond acceptors (Lipinski definition) is 6. The first-order chi connectivity index (χ1) is 16.5. The minimum absolute atomic E-state index is 0.110. The van der Waals surface area contributed by atoms with Crippen LogP contribution in [-0.4, -0.2) is 75.1 Å². The van der Waals surface area contributed by atoms with Crippen LogP contribution in [0.15, 0.2) is 53.6 Å². The number of methoxy groups -OCH3 is 3. The first-order valence-corrected chi connectivity index (χ1v) is 11.2. The molecule has 2 aromatic rings. The molecule has 0 spiro atoms. The van der Waals surface area contributed by atoms with E-state index in [1.807, 2.05) is 55.5 Å². The average Bonchev–Trinajstić information content (AvgIpc) is 3.32. The molecule has 0 fully saturated rings. The van der Waals surface area contributed by atoms with Crippen molar-refractivity contribution in [2.45, 2.75) is 19.4 Å². The van der Waals surface area contributed by atoms with Crippen LogP contribution in [0.5, 0.6) is 11.5 Å². The maximum Gasteiger partial charge on any atom is 0.317 e. The number of nitrogens with one attached hydrogen (secondary N) is 1. The summed E-state index contributed by atoms with van der Waals surface area (Å²) in [7, 11) is 4.79. The lowest BCUT2D eigenvalue weighted by atomic mass is 9.98. The molecule has 9 heteroatoms. The molecule has 0 unspecified atom stereocenters. The second-order valence-corrected chi connectivity index (χ2v) is 7.76. The smallest absolute Gasteiger partial charge is 0.317 e. The summed E-state index contributed by atoms with van der Waals surface area (Å²) in [6, 6.07) is 14.6. The van der Waals surface area contributed by atoms with Crippen LogP contribution in [0.4, 0.5) is 4.79 Å². The zero-order chi connectivity index (χ0) is 24.5. The van der Waals surface area contributed by atoms with Crippen molar-refractivity contribution in [2.24, 2.45) is 5.10 Å². The zero-order valence-corrected chi connectivity index (χ0v) is 20.1. The number of hydrogen-bond donors (Lipinski definition) is 1. The number of amides is 3. The zero-order valence-electron chi connectivity index (χ0n) is 20.1. The fourth-order valence-corrected chi connectivity index (χ4v) is 3.74. The predicted octanol–water partition coefficient (Wildman–Crippen LogP) is 3.06. The quantitative estimate of drug-likeness (QED) is 0.579. The van der Waals surface area contributed by atoms with Gasteiger partial charge in [0.25, 0.3) is 5.91 Å². The fraction of sp³-hybridized carbons (Fsp3) is 0.400. The van der Waals surface area contributed by atoms with Gasteiger partial charge in [0.1, 0.15) is 18.0 Å². The highest BCUT2D eigenvalue weighted by Crippen LogP contribution is 2.34. The van der Waals surface area contributed by atoms with Gasteiger partial charge < -0.3 is 24.4 Å². The van der Waals surface area contributed by atoms with E-state index in [2.05, 4.69) is 5.32 Å². The second kappa shape index (κ2) is 12.0. The molecule has 0 saturated heterocycles.